The summed E-state index contributed by atoms with van der Waals surface area (Å²) in [7, 11) is 1.55. The van der Waals surface area contributed by atoms with Gasteiger partial charge < -0.3 is 9.94 Å². The second-order valence-electron chi connectivity index (χ2n) is 4.13. The summed E-state index contributed by atoms with van der Waals surface area (Å²) in [5.41, 5.74) is 0.377. The lowest BCUT2D eigenvalue weighted by atomic mass is 9.97. The molecule has 1 aliphatic rings. The minimum atomic E-state index is -3.00. The summed E-state index contributed by atoms with van der Waals surface area (Å²) in [6.45, 7) is 0. The highest BCUT2D eigenvalue weighted by Crippen LogP contribution is 2.42. The Kier molecular flexibility index (Phi) is 3.00. The highest BCUT2D eigenvalue weighted by atomic mass is 19.3. The van der Waals surface area contributed by atoms with Crippen LogP contribution in [0.1, 0.15) is 24.3 Å². The summed E-state index contributed by atoms with van der Waals surface area (Å²) in [5, 5.41) is 11.2. The summed E-state index contributed by atoms with van der Waals surface area (Å²) >= 11 is 0. The number of ether oxygens (including phenoxy) is 1. The van der Waals surface area contributed by atoms with Crippen molar-refractivity contribution in [1.82, 2.24) is 0 Å². The van der Waals surface area contributed by atoms with Crippen LogP contribution in [0.4, 0.5) is 8.78 Å². The van der Waals surface area contributed by atoms with Crippen molar-refractivity contribution >= 4 is 5.71 Å². The van der Waals surface area contributed by atoms with Crippen molar-refractivity contribution in [1.29, 1.82) is 0 Å². The summed E-state index contributed by atoms with van der Waals surface area (Å²) < 4.78 is 31.8. The molecule has 3 nitrogen and oxygen atoms in total. The zero-order valence-electron chi connectivity index (χ0n) is 9.36. The fourth-order valence-electron chi connectivity index (χ4n) is 2.11. The summed E-state index contributed by atoms with van der Waals surface area (Å²) in [5.74, 6) is -2.62. The van der Waals surface area contributed by atoms with Crippen LogP contribution in [-0.2, 0) is 0 Å². The van der Waals surface area contributed by atoms with Crippen LogP contribution in [0.3, 0.4) is 0 Å². The molecule has 0 saturated heterocycles. The number of methoxy groups -OCH3 is 1. The second-order valence-corrected chi connectivity index (χ2v) is 4.13. The third-order valence-corrected chi connectivity index (χ3v) is 3.07. The molecule has 17 heavy (non-hydrogen) atoms. The molecule has 0 aromatic heterocycles. The van der Waals surface area contributed by atoms with Crippen LogP contribution in [0.25, 0.3) is 0 Å². The van der Waals surface area contributed by atoms with Gasteiger partial charge in [-0.2, -0.15) is 8.78 Å². The SMILES string of the molecule is COc1ccc(C2C/C(=N\O)C(F)(F)C2)cc1. The van der Waals surface area contributed by atoms with E-state index in [-0.39, 0.29) is 18.8 Å². The van der Waals surface area contributed by atoms with E-state index in [4.69, 9.17) is 9.94 Å². The maximum atomic E-state index is 13.4. The van der Waals surface area contributed by atoms with Crippen molar-refractivity contribution in [3.8, 4) is 5.75 Å². The molecule has 1 aliphatic carbocycles. The summed E-state index contributed by atoms with van der Waals surface area (Å²) in [4.78, 5) is 0. The standard InChI is InChI=1S/C12H13F2NO2/c1-17-10-4-2-8(3-5-10)9-6-11(15-16)12(13,14)7-9/h2-5,9,16H,6-7H2,1H3/b15-11+. The van der Waals surface area contributed by atoms with Gasteiger partial charge in [-0.1, -0.05) is 17.3 Å². The molecule has 0 aliphatic heterocycles. The van der Waals surface area contributed by atoms with Crippen molar-refractivity contribution in [2.75, 3.05) is 7.11 Å². The van der Waals surface area contributed by atoms with Gasteiger partial charge in [-0.05, 0) is 23.6 Å². The van der Waals surface area contributed by atoms with Crippen LogP contribution in [0.15, 0.2) is 29.4 Å². The van der Waals surface area contributed by atoms with Crippen molar-refractivity contribution < 1.29 is 18.7 Å². The molecule has 0 bridgehead atoms. The fourth-order valence-corrected chi connectivity index (χ4v) is 2.11. The van der Waals surface area contributed by atoms with E-state index in [9.17, 15) is 8.78 Å². The molecule has 5 heteroatoms. The minimum Gasteiger partial charge on any atom is -0.497 e. The molecule has 1 fully saturated rings. The van der Waals surface area contributed by atoms with Gasteiger partial charge in [0.05, 0.1) is 7.11 Å². The number of rotatable bonds is 2. The Bertz CT molecular complexity index is 429. The average molecular weight is 241 g/mol. The predicted octanol–water partition coefficient (Wildman–Crippen LogP) is 3.04. The number of halogens is 2. The first-order chi connectivity index (χ1) is 8.06. The molecular formula is C12H13F2NO2. The number of benzene rings is 1. The normalized spacial score (nSPS) is 25.1. The van der Waals surface area contributed by atoms with Crippen LogP contribution < -0.4 is 4.74 Å². The van der Waals surface area contributed by atoms with Crippen molar-refractivity contribution in [3.05, 3.63) is 29.8 Å². The fraction of sp³-hybridized carbons (Fsp3) is 0.417. The topological polar surface area (TPSA) is 41.8 Å². The highest BCUT2D eigenvalue weighted by molar-refractivity contribution is 5.93. The van der Waals surface area contributed by atoms with Crippen molar-refractivity contribution in [3.63, 3.8) is 0 Å². The molecule has 1 aromatic rings. The van der Waals surface area contributed by atoms with E-state index in [1.54, 1.807) is 31.4 Å². The van der Waals surface area contributed by atoms with Crippen LogP contribution in [-0.4, -0.2) is 24.0 Å². The minimum absolute atomic E-state index is 0.0931. The van der Waals surface area contributed by atoms with Crippen LogP contribution in [0.2, 0.25) is 0 Å². The molecule has 2 rings (SSSR count). The number of oxime groups is 1. The third-order valence-electron chi connectivity index (χ3n) is 3.07. The Balaban J connectivity index is 2.19. The van der Waals surface area contributed by atoms with E-state index >= 15 is 0 Å². The lowest BCUT2D eigenvalue weighted by Crippen LogP contribution is -2.21. The predicted molar refractivity (Wildman–Crippen MR) is 59.1 cm³/mol. The Hall–Kier alpha value is -1.65. The second kappa shape index (κ2) is 4.31. The van der Waals surface area contributed by atoms with Gasteiger partial charge in [-0.25, -0.2) is 0 Å². The summed E-state index contributed by atoms with van der Waals surface area (Å²) in [6.07, 6.45) is -0.214. The van der Waals surface area contributed by atoms with Gasteiger partial charge in [0, 0.05) is 12.8 Å². The molecular weight excluding hydrogens is 228 g/mol. The van der Waals surface area contributed by atoms with Gasteiger partial charge in [0.15, 0.2) is 0 Å². The van der Waals surface area contributed by atoms with E-state index in [1.165, 1.54) is 0 Å². The molecule has 0 heterocycles. The maximum Gasteiger partial charge on any atom is 0.289 e. The molecule has 0 amide bonds. The lowest BCUT2D eigenvalue weighted by molar-refractivity contribution is 0.0724. The molecule has 1 saturated carbocycles. The smallest absolute Gasteiger partial charge is 0.289 e. The zero-order valence-corrected chi connectivity index (χ0v) is 9.36. The van der Waals surface area contributed by atoms with Crippen LogP contribution in [0, 0.1) is 0 Å². The average Bonchev–Trinajstić information content (AvgIpc) is 2.64. The molecule has 92 valence electrons. The van der Waals surface area contributed by atoms with Crippen molar-refractivity contribution in [2.24, 2.45) is 5.16 Å². The monoisotopic (exact) mass is 241 g/mol. The Morgan fingerprint density at radius 1 is 1.35 bits per heavy atom. The van der Waals surface area contributed by atoms with E-state index in [0.29, 0.717) is 5.75 Å². The van der Waals surface area contributed by atoms with E-state index in [1.807, 2.05) is 0 Å². The number of alkyl halides is 2. The molecule has 0 radical (unpaired) electrons. The molecule has 0 spiro atoms. The number of nitrogens with zero attached hydrogens (tertiary/aromatic N) is 1. The van der Waals surface area contributed by atoms with Gasteiger partial charge in [0.2, 0.25) is 0 Å². The van der Waals surface area contributed by atoms with Gasteiger partial charge in [0.25, 0.3) is 5.92 Å². The summed E-state index contributed by atoms with van der Waals surface area (Å²) in [6, 6.07) is 7.00. The Labute approximate surface area is 97.7 Å². The van der Waals surface area contributed by atoms with E-state index in [0.717, 1.165) is 5.56 Å². The van der Waals surface area contributed by atoms with Gasteiger partial charge in [0.1, 0.15) is 11.5 Å². The van der Waals surface area contributed by atoms with Gasteiger partial charge in [-0.15, -0.1) is 0 Å². The van der Waals surface area contributed by atoms with Gasteiger partial charge >= 0.3 is 0 Å². The van der Waals surface area contributed by atoms with Crippen molar-refractivity contribution in [2.45, 2.75) is 24.7 Å². The highest BCUT2D eigenvalue weighted by Gasteiger charge is 2.46. The first-order valence-electron chi connectivity index (χ1n) is 5.30. The zero-order chi connectivity index (χ0) is 12.5. The Morgan fingerprint density at radius 2 is 2.00 bits per heavy atom. The lowest BCUT2D eigenvalue weighted by Gasteiger charge is -2.10. The van der Waals surface area contributed by atoms with Crippen LogP contribution in [0.5, 0.6) is 5.75 Å². The largest absolute Gasteiger partial charge is 0.497 e. The van der Waals surface area contributed by atoms with E-state index < -0.39 is 11.6 Å². The number of hydrogen-bond donors (Lipinski definition) is 1. The molecule has 1 unspecified atom stereocenters. The third kappa shape index (κ3) is 2.23. The quantitative estimate of drug-likeness (QED) is 0.638. The Morgan fingerprint density at radius 3 is 2.47 bits per heavy atom. The molecule has 1 atom stereocenters. The first-order valence-corrected chi connectivity index (χ1v) is 5.30. The van der Waals surface area contributed by atoms with E-state index in [2.05, 4.69) is 5.16 Å². The van der Waals surface area contributed by atoms with Crippen LogP contribution >= 0.6 is 0 Å². The van der Waals surface area contributed by atoms with Gasteiger partial charge in [-0.3, -0.25) is 0 Å². The molecule has 1 N–H and O–H groups in total. The first kappa shape index (κ1) is 11.8. The molecule has 1 aromatic carbocycles. The maximum absolute atomic E-state index is 13.4. The number of hydrogen-bond acceptors (Lipinski definition) is 3.